The van der Waals surface area contributed by atoms with Crippen molar-refractivity contribution >= 4 is 41.7 Å². The molecular formula is C39H54ClN3O6SSi. The zero-order valence-corrected chi connectivity index (χ0v) is 33.3. The Morgan fingerprint density at radius 3 is 2.63 bits per heavy atom. The second-order valence-corrected chi connectivity index (χ2v) is 23.8. The van der Waals surface area contributed by atoms with E-state index in [1.54, 1.807) is 6.07 Å². The third kappa shape index (κ3) is 7.53. The number of ether oxygens (including phenoxy) is 2. The molecule has 2 aromatic rings. The van der Waals surface area contributed by atoms with Crippen molar-refractivity contribution in [2.24, 2.45) is 11.8 Å². The molecule has 7 rings (SSSR count). The maximum Gasteiger partial charge on any atom is 0.304 e. The highest BCUT2D eigenvalue weighted by Gasteiger charge is 2.47. The van der Waals surface area contributed by atoms with Crippen molar-refractivity contribution in [2.75, 3.05) is 44.3 Å². The minimum absolute atomic E-state index is 0.0440. The highest BCUT2D eigenvalue weighted by atomic mass is 35.5. The number of nitrogens with one attached hydrogen (secondary N) is 1. The van der Waals surface area contributed by atoms with E-state index < -0.39 is 24.4 Å². The molecule has 0 aromatic heterocycles. The number of halogens is 1. The standard InChI is InChI=1S/C39H54ClN3O6SSi/c1-38(2,3)51(4,5)49-35-10-6-7-19-43(24-31-17-20-47-31)50(45,46)41-37(44)28-12-16-36-34(22-28)42(23-29-11-14-32(29)35)25-39(26-48-36)18-8-9-27-21-30(40)13-15-33(27)39/h6,10,12-13,15-16,21-22,29,31-32,35H,7-9,11,14,17-20,23-26H2,1-5H3,(H,41,44)/b10-6+/t29-,31-,32+,35?,39-/m0/s1. The van der Waals surface area contributed by atoms with Crippen LogP contribution in [0.2, 0.25) is 23.2 Å². The lowest BCUT2D eigenvalue weighted by Crippen LogP contribution is -2.52. The van der Waals surface area contributed by atoms with Gasteiger partial charge in [0.1, 0.15) is 5.75 Å². The quantitative estimate of drug-likeness (QED) is 0.259. The first-order valence-electron chi connectivity index (χ1n) is 18.7. The molecule has 1 amide bonds. The van der Waals surface area contributed by atoms with Gasteiger partial charge in [0.25, 0.3) is 5.91 Å². The van der Waals surface area contributed by atoms with Crippen molar-refractivity contribution in [3.8, 4) is 5.75 Å². The summed E-state index contributed by atoms with van der Waals surface area (Å²) in [6.07, 6.45) is 10.5. The van der Waals surface area contributed by atoms with E-state index in [0.717, 1.165) is 62.3 Å². The zero-order chi connectivity index (χ0) is 36.2. The van der Waals surface area contributed by atoms with E-state index in [4.69, 9.17) is 25.5 Å². The highest BCUT2D eigenvalue weighted by Crippen LogP contribution is 2.48. The maximum absolute atomic E-state index is 13.8. The largest absolute Gasteiger partial charge is 0.490 e. The van der Waals surface area contributed by atoms with Crippen molar-refractivity contribution < 1.29 is 27.1 Å². The van der Waals surface area contributed by atoms with Crippen molar-refractivity contribution in [1.82, 2.24) is 9.03 Å². The van der Waals surface area contributed by atoms with Crippen molar-refractivity contribution in [2.45, 2.75) is 101 Å². The number of anilines is 1. The van der Waals surface area contributed by atoms with Crippen LogP contribution in [0.15, 0.2) is 48.6 Å². The molecule has 1 spiro atoms. The summed E-state index contributed by atoms with van der Waals surface area (Å²) < 4.78 is 50.8. The number of amides is 1. The normalized spacial score (nSPS) is 30.5. The molecule has 1 unspecified atom stereocenters. The van der Waals surface area contributed by atoms with Gasteiger partial charge in [-0.25, -0.2) is 4.72 Å². The number of fused-ring (bicyclic) bond motifs is 4. The lowest BCUT2D eigenvalue weighted by Gasteiger charge is -2.48. The number of rotatable bonds is 4. The molecule has 3 heterocycles. The predicted molar refractivity (Wildman–Crippen MR) is 205 cm³/mol. The summed E-state index contributed by atoms with van der Waals surface area (Å²) in [5, 5.41) is 0.790. The van der Waals surface area contributed by atoms with Crippen molar-refractivity contribution in [1.29, 1.82) is 0 Å². The first kappa shape index (κ1) is 36.9. The molecule has 0 radical (unpaired) electrons. The van der Waals surface area contributed by atoms with Crippen LogP contribution in [0.5, 0.6) is 5.75 Å². The molecule has 5 atom stereocenters. The molecule has 51 heavy (non-hydrogen) atoms. The van der Waals surface area contributed by atoms with Gasteiger partial charge in [0, 0.05) is 48.8 Å². The van der Waals surface area contributed by atoms with Gasteiger partial charge in [-0.15, -0.1) is 0 Å². The highest BCUT2D eigenvalue weighted by molar-refractivity contribution is 7.87. The average molecular weight is 756 g/mol. The molecule has 2 aliphatic carbocycles. The van der Waals surface area contributed by atoms with Crippen LogP contribution in [0.4, 0.5) is 5.69 Å². The average Bonchev–Trinajstić information content (AvgIpc) is 3.17. The van der Waals surface area contributed by atoms with E-state index in [1.165, 1.54) is 15.4 Å². The number of carbonyl (C=O) groups is 1. The van der Waals surface area contributed by atoms with Gasteiger partial charge in [-0.1, -0.05) is 50.6 Å². The Bertz CT molecular complexity index is 1780. The van der Waals surface area contributed by atoms with Crippen LogP contribution in [0.25, 0.3) is 0 Å². The first-order valence-corrected chi connectivity index (χ1v) is 23.5. The summed E-state index contributed by atoms with van der Waals surface area (Å²) in [7, 11) is -6.29. The summed E-state index contributed by atoms with van der Waals surface area (Å²) in [6.45, 7) is 14.5. The SMILES string of the molecule is CC(C)(C)[Si](C)(C)OC1/C=C/CCN(C[C@@H]2CCO2)S(=O)(=O)NC(=O)c2ccc3c(c2)N(C[C@@H]2CC[C@@H]12)C[C@@]1(CCCc2cc(Cl)ccc21)CO3. The van der Waals surface area contributed by atoms with Crippen LogP contribution in [0.3, 0.4) is 0 Å². The Morgan fingerprint density at radius 2 is 1.92 bits per heavy atom. The van der Waals surface area contributed by atoms with Gasteiger partial charge in [-0.2, -0.15) is 12.7 Å². The fourth-order valence-corrected chi connectivity index (χ4v) is 10.9. The lowest BCUT2D eigenvalue weighted by molar-refractivity contribution is -0.0574. The molecule has 1 saturated heterocycles. The zero-order valence-electron chi connectivity index (χ0n) is 30.8. The summed E-state index contributed by atoms with van der Waals surface area (Å²) in [4.78, 5) is 16.2. The third-order valence-corrected chi connectivity index (χ3v) is 18.7. The maximum atomic E-state index is 13.8. The van der Waals surface area contributed by atoms with Gasteiger partial charge >= 0.3 is 10.2 Å². The second-order valence-electron chi connectivity index (χ2n) is 16.9. The molecule has 278 valence electrons. The number of carbonyl (C=O) groups excluding carboxylic acids is 1. The smallest absolute Gasteiger partial charge is 0.304 e. The predicted octanol–water partition coefficient (Wildman–Crippen LogP) is 7.26. The van der Waals surface area contributed by atoms with E-state index in [1.807, 2.05) is 18.2 Å². The van der Waals surface area contributed by atoms with Crippen LogP contribution in [0.1, 0.15) is 80.8 Å². The van der Waals surface area contributed by atoms with E-state index in [-0.39, 0.29) is 41.3 Å². The van der Waals surface area contributed by atoms with Crippen molar-refractivity contribution in [3.05, 3.63) is 70.3 Å². The first-order chi connectivity index (χ1) is 24.1. The van der Waals surface area contributed by atoms with Crippen LogP contribution >= 0.6 is 11.6 Å². The Balaban J connectivity index is 1.29. The van der Waals surface area contributed by atoms with Crippen LogP contribution in [-0.4, -0.2) is 78.5 Å². The van der Waals surface area contributed by atoms with E-state index in [9.17, 15) is 13.2 Å². The summed E-state index contributed by atoms with van der Waals surface area (Å²) in [5.41, 5.74) is 3.41. The van der Waals surface area contributed by atoms with E-state index in [2.05, 4.69) is 67.8 Å². The Hall–Kier alpha value is -2.41. The van der Waals surface area contributed by atoms with Crippen LogP contribution < -0.4 is 14.4 Å². The van der Waals surface area contributed by atoms with E-state index >= 15 is 0 Å². The Labute approximate surface area is 310 Å². The summed E-state index contributed by atoms with van der Waals surface area (Å²) >= 11 is 6.48. The molecule has 1 N–H and O–H groups in total. The molecular weight excluding hydrogens is 702 g/mol. The molecule has 2 fully saturated rings. The van der Waals surface area contributed by atoms with Gasteiger partial charge in [-0.05, 0) is 116 Å². The van der Waals surface area contributed by atoms with Gasteiger partial charge < -0.3 is 18.8 Å². The van der Waals surface area contributed by atoms with Crippen LogP contribution in [-0.2, 0) is 31.2 Å². The molecule has 12 heteroatoms. The Kier molecular flexibility index (Phi) is 10.2. The Morgan fingerprint density at radius 1 is 1.12 bits per heavy atom. The fourth-order valence-electron chi connectivity index (χ4n) is 8.23. The monoisotopic (exact) mass is 755 g/mol. The lowest BCUT2D eigenvalue weighted by atomic mass is 9.68. The van der Waals surface area contributed by atoms with Crippen LogP contribution in [0, 0.1) is 11.8 Å². The number of nitrogens with zero attached hydrogens (tertiary/aromatic N) is 2. The number of aryl methyl sites for hydroxylation is 1. The van der Waals surface area contributed by atoms with E-state index in [0.29, 0.717) is 37.2 Å². The molecule has 3 aliphatic heterocycles. The second kappa shape index (κ2) is 14.1. The summed E-state index contributed by atoms with van der Waals surface area (Å²) in [6, 6.07) is 11.6. The fraction of sp³-hybridized carbons (Fsp3) is 0.615. The van der Waals surface area contributed by atoms with Gasteiger partial charge in [-0.3, -0.25) is 4.79 Å². The molecule has 9 nitrogen and oxygen atoms in total. The number of benzene rings is 2. The molecule has 5 aliphatic rings. The molecule has 2 bridgehead atoms. The van der Waals surface area contributed by atoms with Gasteiger partial charge in [0.15, 0.2) is 8.32 Å². The summed E-state index contributed by atoms with van der Waals surface area (Å²) in [5.74, 6) is 0.751. The topological polar surface area (TPSA) is 97.4 Å². The molecule has 1 saturated carbocycles. The van der Waals surface area contributed by atoms with Gasteiger partial charge in [0.2, 0.25) is 0 Å². The number of hydrogen-bond donors (Lipinski definition) is 1. The number of hydrogen-bond acceptors (Lipinski definition) is 7. The minimum atomic E-state index is -4.15. The van der Waals surface area contributed by atoms with Gasteiger partial charge in [0.05, 0.1) is 24.5 Å². The minimum Gasteiger partial charge on any atom is -0.490 e. The molecule has 2 aromatic carbocycles. The third-order valence-electron chi connectivity index (χ3n) is 12.5. The van der Waals surface area contributed by atoms with Crippen molar-refractivity contribution in [3.63, 3.8) is 0 Å².